The minimum Gasteiger partial charge on any atom is -0.444 e. The maximum atomic E-state index is 12.3. The van der Waals surface area contributed by atoms with Crippen molar-refractivity contribution in [2.75, 3.05) is 26.2 Å². The van der Waals surface area contributed by atoms with Crippen LogP contribution in [0.25, 0.3) is 0 Å². The number of hydrogen-bond donors (Lipinski definition) is 1. The van der Waals surface area contributed by atoms with Gasteiger partial charge in [0.25, 0.3) is 0 Å². The number of rotatable bonds is 2. The molecule has 2 aliphatic rings. The molecular weight excluding hydrogens is 330 g/mol. The van der Waals surface area contributed by atoms with E-state index in [4.69, 9.17) is 10.00 Å². The summed E-state index contributed by atoms with van der Waals surface area (Å²) in [5.41, 5.74) is 1.28. The fourth-order valence-electron chi connectivity index (χ4n) is 3.10. The lowest BCUT2D eigenvalue weighted by Gasteiger charge is -2.39. The summed E-state index contributed by atoms with van der Waals surface area (Å²) in [5.74, 6) is 0.878. The van der Waals surface area contributed by atoms with Gasteiger partial charge in [0.1, 0.15) is 5.60 Å². The lowest BCUT2D eigenvalue weighted by molar-refractivity contribution is 0.0137. The summed E-state index contributed by atoms with van der Waals surface area (Å²) in [7, 11) is 0. The quantitative estimate of drug-likeness (QED) is 0.877. The van der Waals surface area contributed by atoms with E-state index >= 15 is 0 Å². The molecule has 2 heterocycles. The van der Waals surface area contributed by atoms with Crippen molar-refractivity contribution in [3.63, 3.8) is 0 Å². The molecule has 1 aromatic carbocycles. The Bertz CT molecular complexity index is 730. The molecule has 0 bridgehead atoms. The van der Waals surface area contributed by atoms with Crippen LogP contribution in [0.1, 0.15) is 31.9 Å². The van der Waals surface area contributed by atoms with Gasteiger partial charge in [-0.2, -0.15) is 5.26 Å². The highest BCUT2D eigenvalue weighted by atomic mass is 16.6. The number of fused-ring (bicyclic) bond motifs is 1. The van der Waals surface area contributed by atoms with Gasteiger partial charge in [-0.05, 0) is 38.5 Å². The molecule has 1 aromatic rings. The molecule has 1 saturated heterocycles. The Hall–Kier alpha value is -2.75. The molecule has 3 rings (SSSR count). The second kappa shape index (κ2) is 7.24. The SMILES string of the molecule is CC(C)(C)OC(=O)N1CCN2C(NCc3ccc(C#N)cc3)=NCC2C1. The maximum Gasteiger partial charge on any atom is 0.410 e. The van der Waals surface area contributed by atoms with Crippen LogP contribution in [0.2, 0.25) is 0 Å². The normalized spacial score (nSPS) is 19.5. The number of carbonyl (C=O) groups is 1. The van der Waals surface area contributed by atoms with Gasteiger partial charge in [0.15, 0.2) is 5.96 Å². The van der Waals surface area contributed by atoms with Crippen molar-refractivity contribution in [1.29, 1.82) is 5.26 Å². The molecule has 7 nitrogen and oxygen atoms in total. The van der Waals surface area contributed by atoms with Crippen molar-refractivity contribution < 1.29 is 9.53 Å². The van der Waals surface area contributed by atoms with E-state index in [1.165, 1.54) is 0 Å². The van der Waals surface area contributed by atoms with Crippen LogP contribution in [0, 0.1) is 11.3 Å². The minimum absolute atomic E-state index is 0.194. The van der Waals surface area contributed by atoms with Gasteiger partial charge in [-0.25, -0.2) is 4.79 Å². The number of hydrogen-bond acceptors (Lipinski definition) is 6. The van der Waals surface area contributed by atoms with Gasteiger partial charge in [0.2, 0.25) is 0 Å². The highest BCUT2D eigenvalue weighted by Gasteiger charge is 2.36. The highest BCUT2D eigenvalue weighted by Crippen LogP contribution is 2.18. The first-order chi connectivity index (χ1) is 12.4. The van der Waals surface area contributed by atoms with E-state index in [0.29, 0.717) is 31.7 Å². The van der Waals surface area contributed by atoms with Gasteiger partial charge in [-0.3, -0.25) is 4.99 Å². The first kappa shape index (κ1) is 18.1. The zero-order chi connectivity index (χ0) is 18.7. The second-order valence-electron chi connectivity index (χ2n) is 7.60. The van der Waals surface area contributed by atoms with Crippen molar-refractivity contribution in [2.24, 2.45) is 4.99 Å². The van der Waals surface area contributed by atoms with Crippen molar-refractivity contribution in [3.05, 3.63) is 35.4 Å². The van der Waals surface area contributed by atoms with Crippen molar-refractivity contribution in [1.82, 2.24) is 15.1 Å². The third kappa shape index (κ3) is 4.26. The number of nitriles is 1. The summed E-state index contributed by atoms with van der Waals surface area (Å²) in [4.78, 5) is 20.8. The number of carbonyl (C=O) groups excluding carboxylic acids is 1. The fraction of sp³-hybridized carbons (Fsp3) is 0.526. The topological polar surface area (TPSA) is 81.0 Å². The summed E-state index contributed by atoms with van der Waals surface area (Å²) < 4.78 is 5.47. The van der Waals surface area contributed by atoms with Gasteiger partial charge in [0.05, 0.1) is 24.2 Å². The molecule has 7 heteroatoms. The van der Waals surface area contributed by atoms with E-state index in [2.05, 4.69) is 21.3 Å². The van der Waals surface area contributed by atoms with E-state index < -0.39 is 5.60 Å². The van der Waals surface area contributed by atoms with Crippen molar-refractivity contribution >= 4 is 12.1 Å². The number of benzene rings is 1. The molecule has 0 saturated carbocycles. The third-order valence-electron chi connectivity index (χ3n) is 4.39. The van der Waals surface area contributed by atoms with Gasteiger partial charge in [0, 0.05) is 26.2 Å². The first-order valence-corrected chi connectivity index (χ1v) is 8.87. The predicted octanol–water partition coefficient (Wildman–Crippen LogP) is 1.94. The van der Waals surface area contributed by atoms with Gasteiger partial charge in [-0.1, -0.05) is 12.1 Å². The van der Waals surface area contributed by atoms with Gasteiger partial charge >= 0.3 is 6.09 Å². The van der Waals surface area contributed by atoms with Crippen LogP contribution in [-0.4, -0.2) is 59.7 Å². The van der Waals surface area contributed by atoms with E-state index in [9.17, 15) is 4.79 Å². The maximum absolute atomic E-state index is 12.3. The lowest BCUT2D eigenvalue weighted by atomic mass is 10.1. The molecule has 2 aliphatic heterocycles. The third-order valence-corrected chi connectivity index (χ3v) is 4.39. The predicted molar refractivity (Wildman–Crippen MR) is 98.6 cm³/mol. The smallest absolute Gasteiger partial charge is 0.410 e. The Labute approximate surface area is 154 Å². The Morgan fingerprint density at radius 1 is 1.35 bits per heavy atom. The van der Waals surface area contributed by atoms with Crippen LogP contribution in [-0.2, 0) is 11.3 Å². The van der Waals surface area contributed by atoms with E-state index in [1.54, 1.807) is 4.90 Å². The van der Waals surface area contributed by atoms with Gasteiger partial charge < -0.3 is 19.9 Å². The number of nitrogens with one attached hydrogen (secondary N) is 1. The summed E-state index contributed by atoms with van der Waals surface area (Å²) >= 11 is 0. The second-order valence-corrected chi connectivity index (χ2v) is 7.60. The molecular formula is C19H25N5O2. The Balaban J connectivity index is 1.52. The van der Waals surface area contributed by atoms with Crippen LogP contribution in [0.15, 0.2) is 29.3 Å². The summed E-state index contributed by atoms with van der Waals surface area (Å²) in [6.45, 7) is 8.96. The fourth-order valence-corrected chi connectivity index (χ4v) is 3.10. The molecule has 26 heavy (non-hydrogen) atoms. The number of piperazine rings is 1. The molecule has 1 atom stereocenters. The Morgan fingerprint density at radius 3 is 2.73 bits per heavy atom. The van der Waals surface area contributed by atoms with Crippen LogP contribution < -0.4 is 5.32 Å². The highest BCUT2D eigenvalue weighted by molar-refractivity contribution is 5.82. The van der Waals surface area contributed by atoms with Gasteiger partial charge in [-0.15, -0.1) is 0 Å². The molecule has 138 valence electrons. The van der Waals surface area contributed by atoms with Crippen LogP contribution in [0.3, 0.4) is 0 Å². The summed E-state index contributed by atoms with van der Waals surface area (Å²) in [5, 5.41) is 12.2. The minimum atomic E-state index is -0.478. The van der Waals surface area contributed by atoms with Crippen LogP contribution >= 0.6 is 0 Å². The Morgan fingerprint density at radius 2 is 2.08 bits per heavy atom. The van der Waals surface area contributed by atoms with E-state index in [1.807, 2.05) is 45.0 Å². The molecule has 1 fully saturated rings. The molecule has 0 aliphatic carbocycles. The van der Waals surface area contributed by atoms with Crippen LogP contribution in [0.5, 0.6) is 0 Å². The number of amides is 1. The van der Waals surface area contributed by atoms with Crippen molar-refractivity contribution in [3.8, 4) is 6.07 Å². The largest absolute Gasteiger partial charge is 0.444 e. The molecule has 0 spiro atoms. The zero-order valence-corrected chi connectivity index (χ0v) is 15.5. The summed E-state index contributed by atoms with van der Waals surface area (Å²) in [6, 6.07) is 9.83. The first-order valence-electron chi connectivity index (χ1n) is 8.87. The summed E-state index contributed by atoms with van der Waals surface area (Å²) in [6.07, 6.45) is -0.254. The molecule has 1 N–H and O–H groups in total. The van der Waals surface area contributed by atoms with Crippen molar-refractivity contribution in [2.45, 2.75) is 39.0 Å². The number of aliphatic imine (C=N–C) groups is 1. The Kier molecular flexibility index (Phi) is 5.03. The molecule has 1 amide bonds. The molecule has 0 aromatic heterocycles. The number of nitrogens with zero attached hydrogens (tertiary/aromatic N) is 4. The molecule has 1 unspecified atom stereocenters. The zero-order valence-electron chi connectivity index (χ0n) is 15.5. The average molecular weight is 355 g/mol. The number of ether oxygens (including phenoxy) is 1. The monoisotopic (exact) mass is 355 g/mol. The van der Waals surface area contributed by atoms with Crippen LogP contribution in [0.4, 0.5) is 4.79 Å². The standard InChI is InChI=1S/C19H25N5O2/c1-19(2,3)26-18(25)23-8-9-24-16(13-23)12-22-17(24)21-11-15-6-4-14(10-20)5-7-15/h4-7,16H,8-9,11-13H2,1-3H3,(H,21,22). The average Bonchev–Trinajstić information content (AvgIpc) is 3.01. The lowest BCUT2D eigenvalue weighted by Crippen LogP contribution is -2.57. The molecule has 0 radical (unpaired) electrons. The van der Waals surface area contributed by atoms with E-state index in [0.717, 1.165) is 18.1 Å². The number of guanidine groups is 1. The van der Waals surface area contributed by atoms with E-state index in [-0.39, 0.29) is 12.1 Å².